The smallest absolute Gasteiger partial charge is 0.133 e. The normalized spacial score (nSPS) is 10.3. The van der Waals surface area contributed by atoms with Gasteiger partial charge in [-0.05, 0) is 6.42 Å². The molecule has 6 nitrogen and oxygen atoms in total. The van der Waals surface area contributed by atoms with Crippen LogP contribution in [-0.4, -0.2) is 40.2 Å². The van der Waals surface area contributed by atoms with Gasteiger partial charge in [-0.1, -0.05) is 0 Å². The van der Waals surface area contributed by atoms with Crippen molar-refractivity contribution in [3.05, 3.63) is 31.1 Å². The lowest BCUT2D eigenvalue weighted by Gasteiger charge is -2.12. The van der Waals surface area contributed by atoms with E-state index in [-0.39, 0.29) is 0 Å². The van der Waals surface area contributed by atoms with Gasteiger partial charge in [0.2, 0.25) is 0 Å². The monoisotopic (exact) mass is 246 g/mol. The SMILES string of the molecule is CN(C)c1cc(NCCCn2ccnc2)ncn1. The minimum Gasteiger partial charge on any atom is -0.370 e. The van der Waals surface area contributed by atoms with Crippen molar-refractivity contribution >= 4 is 11.6 Å². The molecular formula is C12H18N6. The van der Waals surface area contributed by atoms with Gasteiger partial charge in [0.1, 0.15) is 18.0 Å². The minimum atomic E-state index is 0.860. The van der Waals surface area contributed by atoms with E-state index in [0.29, 0.717) is 0 Å². The van der Waals surface area contributed by atoms with Gasteiger partial charge in [0, 0.05) is 45.6 Å². The third kappa shape index (κ3) is 3.44. The van der Waals surface area contributed by atoms with Gasteiger partial charge in [0.25, 0.3) is 0 Å². The van der Waals surface area contributed by atoms with E-state index in [0.717, 1.165) is 31.1 Å². The third-order valence-corrected chi connectivity index (χ3v) is 2.57. The first-order valence-electron chi connectivity index (χ1n) is 5.94. The number of imidazole rings is 1. The van der Waals surface area contributed by atoms with Crippen LogP contribution >= 0.6 is 0 Å². The molecule has 6 heteroatoms. The Kier molecular flexibility index (Phi) is 4.11. The van der Waals surface area contributed by atoms with Gasteiger partial charge in [-0.2, -0.15) is 0 Å². The molecule has 0 saturated carbocycles. The number of hydrogen-bond acceptors (Lipinski definition) is 5. The average Bonchev–Trinajstić information content (AvgIpc) is 2.88. The van der Waals surface area contributed by atoms with Gasteiger partial charge in [0.05, 0.1) is 6.33 Å². The number of anilines is 2. The van der Waals surface area contributed by atoms with Crippen LogP contribution in [0.1, 0.15) is 6.42 Å². The van der Waals surface area contributed by atoms with Gasteiger partial charge in [-0.3, -0.25) is 0 Å². The topological polar surface area (TPSA) is 58.9 Å². The Morgan fingerprint density at radius 2 is 2.22 bits per heavy atom. The molecule has 0 amide bonds. The summed E-state index contributed by atoms with van der Waals surface area (Å²) in [4.78, 5) is 14.3. The molecule has 2 heterocycles. The van der Waals surface area contributed by atoms with Crippen LogP contribution in [0.3, 0.4) is 0 Å². The summed E-state index contributed by atoms with van der Waals surface area (Å²) in [5, 5.41) is 3.29. The van der Waals surface area contributed by atoms with Crippen LogP contribution in [0.2, 0.25) is 0 Å². The highest BCUT2D eigenvalue weighted by molar-refractivity contribution is 5.47. The Bertz CT molecular complexity index is 465. The molecule has 0 aliphatic rings. The molecule has 2 aromatic rings. The van der Waals surface area contributed by atoms with Crippen LogP contribution in [0.15, 0.2) is 31.1 Å². The summed E-state index contributed by atoms with van der Waals surface area (Å²) >= 11 is 0. The molecule has 0 saturated heterocycles. The van der Waals surface area contributed by atoms with Crippen molar-refractivity contribution in [1.29, 1.82) is 0 Å². The highest BCUT2D eigenvalue weighted by Crippen LogP contribution is 2.10. The molecule has 0 spiro atoms. The highest BCUT2D eigenvalue weighted by atomic mass is 15.2. The average molecular weight is 246 g/mol. The maximum atomic E-state index is 4.19. The van der Waals surface area contributed by atoms with Crippen LogP contribution in [0.5, 0.6) is 0 Å². The maximum absolute atomic E-state index is 4.19. The predicted octanol–water partition coefficient (Wildman–Crippen LogP) is 1.24. The third-order valence-electron chi connectivity index (χ3n) is 2.57. The Morgan fingerprint density at radius 3 is 2.94 bits per heavy atom. The van der Waals surface area contributed by atoms with Crippen LogP contribution in [0, 0.1) is 0 Å². The molecular weight excluding hydrogens is 228 g/mol. The number of rotatable bonds is 6. The summed E-state index contributed by atoms with van der Waals surface area (Å²) in [6.07, 6.45) is 8.19. The molecule has 0 atom stereocenters. The van der Waals surface area contributed by atoms with Crippen molar-refractivity contribution in [2.75, 3.05) is 30.9 Å². The van der Waals surface area contributed by atoms with Crippen molar-refractivity contribution < 1.29 is 0 Å². The van der Waals surface area contributed by atoms with Gasteiger partial charge >= 0.3 is 0 Å². The zero-order chi connectivity index (χ0) is 12.8. The first kappa shape index (κ1) is 12.3. The van der Waals surface area contributed by atoms with Crippen molar-refractivity contribution in [3.8, 4) is 0 Å². The molecule has 2 rings (SSSR count). The Labute approximate surface area is 107 Å². The lowest BCUT2D eigenvalue weighted by molar-refractivity contribution is 0.660. The molecule has 96 valence electrons. The fourth-order valence-corrected chi connectivity index (χ4v) is 1.59. The summed E-state index contributed by atoms with van der Waals surface area (Å²) < 4.78 is 2.06. The van der Waals surface area contributed by atoms with Crippen LogP contribution in [0.4, 0.5) is 11.6 Å². The van der Waals surface area contributed by atoms with E-state index in [1.54, 1.807) is 12.5 Å². The van der Waals surface area contributed by atoms with E-state index in [1.165, 1.54) is 0 Å². The molecule has 0 aliphatic carbocycles. The summed E-state index contributed by atoms with van der Waals surface area (Å²) in [7, 11) is 3.93. The molecule has 18 heavy (non-hydrogen) atoms. The molecule has 1 N–H and O–H groups in total. The first-order chi connectivity index (χ1) is 8.75. The summed E-state index contributed by atoms with van der Waals surface area (Å²) in [6, 6.07) is 1.94. The van der Waals surface area contributed by atoms with E-state index in [4.69, 9.17) is 0 Å². The molecule has 0 bridgehead atoms. The van der Waals surface area contributed by atoms with E-state index < -0.39 is 0 Å². The second-order valence-electron chi connectivity index (χ2n) is 4.24. The van der Waals surface area contributed by atoms with Gasteiger partial charge in [0.15, 0.2) is 0 Å². The van der Waals surface area contributed by atoms with Crippen molar-refractivity contribution in [2.24, 2.45) is 0 Å². The lowest BCUT2D eigenvalue weighted by atomic mass is 10.4. The maximum Gasteiger partial charge on any atom is 0.133 e. The first-order valence-corrected chi connectivity index (χ1v) is 5.94. The van der Waals surface area contributed by atoms with Crippen LogP contribution < -0.4 is 10.2 Å². The Balaban J connectivity index is 1.78. The number of nitrogens with zero attached hydrogens (tertiary/aromatic N) is 5. The quantitative estimate of drug-likeness (QED) is 0.777. The summed E-state index contributed by atoms with van der Waals surface area (Å²) in [6.45, 7) is 1.83. The van der Waals surface area contributed by atoms with Gasteiger partial charge in [-0.15, -0.1) is 0 Å². The molecule has 0 radical (unpaired) electrons. The molecule has 0 fully saturated rings. The van der Waals surface area contributed by atoms with Crippen molar-refractivity contribution in [2.45, 2.75) is 13.0 Å². The van der Waals surface area contributed by atoms with Crippen molar-refractivity contribution in [3.63, 3.8) is 0 Å². The molecule has 2 aromatic heterocycles. The largest absolute Gasteiger partial charge is 0.370 e. The summed E-state index contributed by atoms with van der Waals surface area (Å²) in [5.41, 5.74) is 0. The zero-order valence-corrected chi connectivity index (χ0v) is 10.7. The van der Waals surface area contributed by atoms with Crippen LogP contribution in [-0.2, 0) is 6.54 Å². The summed E-state index contributed by atoms with van der Waals surface area (Å²) in [5.74, 6) is 1.77. The highest BCUT2D eigenvalue weighted by Gasteiger charge is 1.99. The van der Waals surface area contributed by atoms with Gasteiger partial charge < -0.3 is 14.8 Å². The number of aryl methyl sites for hydroxylation is 1. The fraction of sp³-hybridized carbons (Fsp3) is 0.417. The second kappa shape index (κ2) is 6.00. The minimum absolute atomic E-state index is 0.860. The predicted molar refractivity (Wildman–Crippen MR) is 71.7 cm³/mol. The molecule has 0 aromatic carbocycles. The standard InChI is InChI=1S/C12H18N6/c1-17(2)12-8-11(15-9-16-12)14-4-3-6-18-7-5-13-10-18/h5,7-10H,3-4,6H2,1-2H3,(H,14,15,16). The number of aromatic nitrogens is 4. The second-order valence-corrected chi connectivity index (χ2v) is 4.24. The number of hydrogen-bond donors (Lipinski definition) is 1. The van der Waals surface area contributed by atoms with E-state index in [2.05, 4.69) is 24.8 Å². The van der Waals surface area contributed by atoms with E-state index in [1.807, 2.05) is 37.6 Å². The van der Waals surface area contributed by atoms with E-state index in [9.17, 15) is 0 Å². The lowest BCUT2D eigenvalue weighted by Crippen LogP contribution is -2.12. The van der Waals surface area contributed by atoms with E-state index >= 15 is 0 Å². The Hall–Kier alpha value is -2.11. The van der Waals surface area contributed by atoms with Crippen LogP contribution in [0.25, 0.3) is 0 Å². The van der Waals surface area contributed by atoms with Crippen molar-refractivity contribution in [1.82, 2.24) is 19.5 Å². The number of nitrogens with one attached hydrogen (secondary N) is 1. The Morgan fingerprint density at radius 1 is 1.33 bits per heavy atom. The zero-order valence-electron chi connectivity index (χ0n) is 10.7. The molecule has 0 unspecified atom stereocenters. The fourth-order valence-electron chi connectivity index (χ4n) is 1.59. The molecule has 0 aliphatic heterocycles. The van der Waals surface area contributed by atoms with Gasteiger partial charge in [-0.25, -0.2) is 15.0 Å².